The summed E-state index contributed by atoms with van der Waals surface area (Å²) in [6, 6.07) is 13.2. The zero-order valence-corrected chi connectivity index (χ0v) is 16.4. The molecule has 1 aliphatic rings. The number of halogens is 3. The maximum absolute atomic E-state index is 14.0. The Kier molecular flexibility index (Phi) is 4.76. The van der Waals surface area contributed by atoms with Crippen LogP contribution in [0.5, 0.6) is 5.75 Å². The lowest BCUT2D eigenvalue weighted by atomic mass is 9.89. The highest BCUT2D eigenvalue weighted by Crippen LogP contribution is 2.39. The molecule has 1 aliphatic heterocycles. The molecule has 0 amide bonds. The quantitative estimate of drug-likeness (QED) is 0.580. The Morgan fingerprint density at radius 1 is 0.931 bits per heavy atom. The number of nitrogens with one attached hydrogen (secondary N) is 1. The molecule has 0 bridgehead atoms. The summed E-state index contributed by atoms with van der Waals surface area (Å²) in [5.41, 5.74) is 4.72. The summed E-state index contributed by atoms with van der Waals surface area (Å²) in [7, 11) is 0. The van der Waals surface area contributed by atoms with Gasteiger partial charge in [0.2, 0.25) is 0 Å². The summed E-state index contributed by atoms with van der Waals surface area (Å²) in [6.45, 7) is 3.56. The molecule has 29 heavy (non-hydrogen) atoms. The van der Waals surface area contributed by atoms with Gasteiger partial charge in [-0.05, 0) is 66.9 Å². The highest BCUT2D eigenvalue weighted by Gasteiger charge is 2.29. The molecule has 148 valence electrons. The van der Waals surface area contributed by atoms with Crippen molar-refractivity contribution < 1.29 is 18.7 Å². The van der Waals surface area contributed by atoms with E-state index in [0.29, 0.717) is 38.7 Å². The van der Waals surface area contributed by atoms with Gasteiger partial charge in [0.05, 0.1) is 0 Å². The van der Waals surface area contributed by atoms with Crippen molar-refractivity contribution >= 4 is 17.4 Å². The van der Waals surface area contributed by atoms with Crippen LogP contribution in [0, 0.1) is 11.6 Å². The average molecular weight is 415 g/mol. The fourth-order valence-electron chi connectivity index (χ4n) is 3.27. The van der Waals surface area contributed by atoms with Crippen molar-refractivity contribution in [1.29, 1.82) is 0 Å². The molecule has 3 aromatic carbocycles. The number of hydrogen-bond acceptors (Lipinski definition) is 4. The predicted molar refractivity (Wildman–Crippen MR) is 109 cm³/mol. The first kappa shape index (κ1) is 19.4. The minimum absolute atomic E-state index is 0.103. The molecular weight excluding hydrogens is 398 g/mol. The number of aromatic hydroxyl groups is 1. The fourth-order valence-corrected chi connectivity index (χ4v) is 3.49. The molecule has 0 aromatic heterocycles. The molecule has 3 aromatic rings. The lowest BCUT2D eigenvalue weighted by Crippen LogP contribution is -2.23. The van der Waals surface area contributed by atoms with Crippen LogP contribution >= 0.6 is 11.6 Å². The SMILES string of the molecule is CC1(C)N=C(c2cc(Cl)cc(-c3ccc(O)cc3)c2-c2cc(F)cc(F)c2)NO1. The first-order valence-electron chi connectivity index (χ1n) is 8.85. The van der Waals surface area contributed by atoms with E-state index >= 15 is 0 Å². The third kappa shape index (κ3) is 3.95. The van der Waals surface area contributed by atoms with E-state index < -0.39 is 17.4 Å². The second-order valence-electron chi connectivity index (χ2n) is 7.19. The Labute approximate surface area is 171 Å². The van der Waals surface area contributed by atoms with E-state index in [1.54, 1.807) is 38.1 Å². The Hall–Kier alpha value is -2.96. The first-order valence-corrected chi connectivity index (χ1v) is 9.23. The van der Waals surface area contributed by atoms with E-state index in [-0.39, 0.29) is 5.75 Å². The second kappa shape index (κ2) is 7.13. The molecule has 0 spiro atoms. The Bertz CT molecular complexity index is 1110. The summed E-state index contributed by atoms with van der Waals surface area (Å²) in [5, 5.41) is 10.0. The van der Waals surface area contributed by atoms with Crippen LogP contribution in [0.15, 0.2) is 59.6 Å². The molecule has 7 heteroatoms. The van der Waals surface area contributed by atoms with Crippen molar-refractivity contribution in [2.75, 3.05) is 0 Å². The zero-order valence-electron chi connectivity index (χ0n) is 15.6. The third-order valence-electron chi connectivity index (χ3n) is 4.47. The van der Waals surface area contributed by atoms with Crippen LogP contribution in [-0.2, 0) is 4.84 Å². The molecule has 0 saturated carbocycles. The molecule has 4 nitrogen and oxygen atoms in total. The topological polar surface area (TPSA) is 53.9 Å². The summed E-state index contributed by atoms with van der Waals surface area (Å²) < 4.78 is 28.1. The van der Waals surface area contributed by atoms with Gasteiger partial charge in [-0.3, -0.25) is 0 Å². The van der Waals surface area contributed by atoms with Crippen molar-refractivity contribution in [3.63, 3.8) is 0 Å². The van der Waals surface area contributed by atoms with Crippen molar-refractivity contribution in [2.45, 2.75) is 19.6 Å². The molecule has 4 rings (SSSR count). The highest BCUT2D eigenvalue weighted by molar-refractivity contribution is 6.32. The van der Waals surface area contributed by atoms with Crippen molar-refractivity contribution in [3.05, 3.63) is 76.8 Å². The van der Waals surface area contributed by atoms with Gasteiger partial charge in [-0.2, -0.15) is 0 Å². The fraction of sp³-hybridized carbons (Fsp3) is 0.136. The number of hydrogen-bond donors (Lipinski definition) is 2. The molecule has 2 N–H and O–H groups in total. The first-order chi connectivity index (χ1) is 13.7. The maximum Gasteiger partial charge on any atom is 0.182 e. The van der Waals surface area contributed by atoms with Crippen LogP contribution in [0.25, 0.3) is 22.3 Å². The van der Waals surface area contributed by atoms with Gasteiger partial charge in [0, 0.05) is 22.2 Å². The van der Waals surface area contributed by atoms with Gasteiger partial charge in [0.15, 0.2) is 11.6 Å². The van der Waals surface area contributed by atoms with Crippen LogP contribution in [0.1, 0.15) is 19.4 Å². The van der Waals surface area contributed by atoms with Gasteiger partial charge in [0.1, 0.15) is 17.4 Å². The van der Waals surface area contributed by atoms with Gasteiger partial charge in [-0.15, -0.1) is 0 Å². The van der Waals surface area contributed by atoms with E-state index in [0.717, 1.165) is 6.07 Å². The smallest absolute Gasteiger partial charge is 0.182 e. The van der Waals surface area contributed by atoms with Crippen molar-refractivity contribution in [3.8, 4) is 28.0 Å². The second-order valence-corrected chi connectivity index (χ2v) is 7.63. The monoisotopic (exact) mass is 414 g/mol. The lowest BCUT2D eigenvalue weighted by Gasteiger charge is -2.17. The largest absolute Gasteiger partial charge is 0.508 e. The van der Waals surface area contributed by atoms with Gasteiger partial charge in [-0.1, -0.05) is 23.7 Å². The number of aliphatic imine (C=N–C) groups is 1. The summed E-state index contributed by atoms with van der Waals surface area (Å²) in [6.07, 6.45) is 0. The third-order valence-corrected chi connectivity index (χ3v) is 4.68. The van der Waals surface area contributed by atoms with E-state index in [9.17, 15) is 13.9 Å². The molecule has 0 aliphatic carbocycles. The van der Waals surface area contributed by atoms with E-state index in [2.05, 4.69) is 10.5 Å². The minimum atomic E-state index is -0.805. The lowest BCUT2D eigenvalue weighted by molar-refractivity contribution is -0.0269. The van der Waals surface area contributed by atoms with Crippen LogP contribution < -0.4 is 5.48 Å². The maximum atomic E-state index is 14.0. The van der Waals surface area contributed by atoms with E-state index in [1.807, 2.05) is 0 Å². The molecule has 1 heterocycles. The number of hydroxylamine groups is 1. The number of phenols is 1. The highest BCUT2D eigenvalue weighted by atomic mass is 35.5. The predicted octanol–water partition coefficient (Wildman–Crippen LogP) is 5.68. The molecule has 0 radical (unpaired) electrons. The number of rotatable bonds is 3. The number of benzene rings is 3. The molecule has 0 unspecified atom stereocenters. The van der Waals surface area contributed by atoms with E-state index in [1.165, 1.54) is 24.3 Å². The van der Waals surface area contributed by atoms with Gasteiger partial charge in [-0.25, -0.2) is 24.1 Å². The number of nitrogens with zero attached hydrogens (tertiary/aromatic N) is 1. The van der Waals surface area contributed by atoms with E-state index in [4.69, 9.17) is 16.4 Å². The average Bonchev–Trinajstić information content (AvgIpc) is 3.00. The summed E-state index contributed by atoms with van der Waals surface area (Å²) in [5.74, 6) is -0.894. The Morgan fingerprint density at radius 3 is 2.14 bits per heavy atom. The van der Waals surface area contributed by atoms with Gasteiger partial charge >= 0.3 is 0 Å². The minimum Gasteiger partial charge on any atom is -0.508 e. The normalized spacial score (nSPS) is 15.1. The van der Waals surface area contributed by atoms with Crippen molar-refractivity contribution in [2.24, 2.45) is 4.99 Å². The van der Waals surface area contributed by atoms with Crippen LogP contribution in [0.4, 0.5) is 8.78 Å². The Morgan fingerprint density at radius 2 is 1.55 bits per heavy atom. The summed E-state index contributed by atoms with van der Waals surface area (Å²) >= 11 is 6.38. The number of phenolic OH excluding ortho intramolecular Hbond substituents is 1. The van der Waals surface area contributed by atoms with Crippen LogP contribution in [0.2, 0.25) is 5.02 Å². The van der Waals surface area contributed by atoms with Gasteiger partial charge < -0.3 is 5.11 Å². The zero-order chi connectivity index (χ0) is 20.8. The molecule has 0 saturated heterocycles. The van der Waals surface area contributed by atoms with Crippen LogP contribution in [-0.4, -0.2) is 16.7 Å². The summed E-state index contributed by atoms with van der Waals surface area (Å²) in [4.78, 5) is 9.98. The number of amidine groups is 1. The van der Waals surface area contributed by atoms with Crippen LogP contribution in [0.3, 0.4) is 0 Å². The van der Waals surface area contributed by atoms with Gasteiger partial charge in [0.25, 0.3) is 0 Å². The molecular formula is C22H17ClF2N2O2. The Balaban J connectivity index is 2.04. The standard InChI is InChI=1S/C22H17ClF2N2O2/c1-22(2)26-21(27-29-22)19-10-14(23)9-18(12-3-5-17(28)6-4-12)20(19)13-7-15(24)11-16(25)8-13/h3-11,28H,1-2H3,(H,26,27). The molecule has 0 atom stereocenters. The molecule has 0 fully saturated rings. The van der Waals surface area contributed by atoms with Crippen molar-refractivity contribution in [1.82, 2.24) is 5.48 Å².